The minimum absolute atomic E-state index is 0. The summed E-state index contributed by atoms with van der Waals surface area (Å²) in [6, 6.07) is 0. The molecule has 0 amide bonds. The van der Waals surface area contributed by atoms with Crippen molar-refractivity contribution in [2.24, 2.45) is 0 Å². The van der Waals surface area contributed by atoms with Gasteiger partial charge in [-0.2, -0.15) is 0 Å². The Hall–Kier alpha value is 3.95. The molecule has 0 aromatic heterocycles. The fourth-order valence-corrected chi connectivity index (χ4v) is 0. The van der Waals surface area contributed by atoms with Crippen molar-refractivity contribution in [1.29, 1.82) is 0 Å². The first-order chi connectivity index (χ1) is 1.00. The topological polar surface area (TPSA) is 60.0 Å². The Bertz CT molecular complexity index is 11.5. The molecule has 2 nitrogen and oxygen atoms in total. The van der Waals surface area contributed by atoms with Crippen molar-refractivity contribution in [3.63, 3.8) is 0 Å². The molecule has 0 saturated heterocycles. The van der Waals surface area contributed by atoms with Crippen molar-refractivity contribution in [2.75, 3.05) is 0 Å². The summed E-state index contributed by atoms with van der Waals surface area (Å²) in [6.45, 7) is 0. The van der Waals surface area contributed by atoms with E-state index in [4.69, 9.17) is 0 Å². The van der Waals surface area contributed by atoms with E-state index in [0.717, 1.165) is 0 Å². The third-order valence-corrected chi connectivity index (χ3v) is 0. The molecule has 0 fully saturated rings. The molecule has 6 heteroatoms. The number of rotatable bonds is 0. The van der Waals surface area contributed by atoms with Crippen LogP contribution in [0.15, 0.2) is 0 Å². The summed E-state index contributed by atoms with van der Waals surface area (Å²) >= 11 is 2.21. The van der Waals surface area contributed by atoms with E-state index < -0.39 is 0 Å². The summed E-state index contributed by atoms with van der Waals surface area (Å²) in [5.41, 5.74) is 0. The molecule has 0 aliphatic rings. The van der Waals surface area contributed by atoms with Crippen molar-refractivity contribution in [3.8, 4) is 0 Å². The van der Waals surface area contributed by atoms with E-state index in [2.05, 4.69) is 25.1 Å². The predicted octanol–water partition coefficient (Wildman–Crippen LogP) is -5.70. The van der Waals surface area contributed by atoms with Gasteiger partial charge in [0, 0.05) is 0 Å². The standard InChI is InChI=1S/Cr.2K.2H2O.S/h;;;2*1H2;/q;2*+1;;;/p-2. The second-order valence-corrected chi connectivity index (χ2v) is 0. The summed E-state index contributed by atoms with van der Waals surface area (Å²) in [5.74, 6) is 0. The first-order valence-electron chi connectivity index (χ1n) is 0.167. The average molecular weight is 196 g/mol. The fraction of sp³-hybridized carbons (Fsp3) is 0. The van der Waals surface area contributed by atoms with Crippen LogP contribution in [0.3, 0.4) is 0 Å². The van der Waals surface area contributed by atoms with E-state index in [1.165, 1.54) is 0 Å². The van der Waals surface area contributed by atoms with Crippen molar-refractivity contribution < 1.29 is 128 Å². The third kappa shape index (κ3) is 24.6. The Labute approximate surface area is 135 Å². The van der Waals surface area contributed by atoms with Gasteiger partial charge >= 0.3 is 128 Å². The zero-order valence-electron chi connectivity index (χ0n) is 3.71. The Morgan fingerprint density at radius 3 is 0.833 bits per heavy atom. The van der Waals surface area contributed by atoms with Crippen LogP contribution < -0.4 is 103 Å². The second kappa shape index (κ2) is 36.3. The van der Waals surface area contributed by atoms with Crippen LogP contribution in [0.5, 0.6) is 0 Å². The van der Waals surface area contributed by atoms with Crippen LogP contribution in [0.2, 0.25) is 0 Å². The zero-order valence-corrected chi connectivity index (χ0v) is 12.0. The van der Waals surface area contributed by atoms with E-state index in [1.807, 2.05) is 0 Å². The third-order valence-electron chi connectivity index (χ3n) is 0. The van der Waals surface area contributed by atoms with Crippen LogP contribution in [-0.2, 0) is 14.6 Å². The molecule has 2 N–H and O–H groups in total. The van der Waals surface area contributed by atoms with Crippen molar-refractivity contribution >= 4 is 10.5 Å². The molecule has 6 heavy (non-hydrogen) atoms. The molecule has 0 atom stereocenters. The molecule has 0 saturated carbocycles. The normalized spacial score (nSPS) is 0.667. The van der Waals surface area contributed by atoms with E-state index >= 15 is 0 Å². The second-order valence-electron chi connectivity index (χ2n) is 0. The van der Waals surface area contributed by atoms with Gasteiger partial charge in [0.05, 0.1) is 0 Å². The fourth-order valence-electron chi connectivity index (χ4n) is 0. The minimum atomic E-state index is 0. The molecule has 0 rings (SSSR count). The van der Waals surface area contributed by atoms with Crippen molar-refractivity contribution in [1.82, 2.24) is 0 Å². The van der Waals surface area contributed by atoms with Crippen LogP contribution in [0, 0.1) is 0 Å². The molecular formula is H2CrK2O2S. The Morgan fingerprint density at radius 2 is 0.833 bits per heavy atom. The molecule has 0 heterocycles. The van der Waals surface area contributed by atoms with E-state index in [1.54, 1.807) is 0 Å². The number of hydrogen-bond acceptors (Lipinski definition) is 3. The summed E-state index contributed by atoms with van der Waals surface area (Å²) in [4.78, 5) is 0. The zero-order chi connectivity index (χ0) is 2.00. The molecule has 28 valence electrons. The monoisotopic (exact) mass is 196 g/mol. The van der Waals surface area contributed by atoms with Gasteiger partial charge in [-0.1, -0.05) is 0 Å². The van der Waals surface area contributed by atoms with Gasteiger partial charge in [0.25, 0.3) is 0 Å². The van der Waals surface area contributed by atoms with E-state index in [0.29, 0.717) is 0 Å². The first kappa shape index (κ1) is 32.5. The molecule has 0 spiro atoms. The first-order valence-corrected chi connectivity index (χ1v) is 2.06. The molecule has 0 aromatic carbocycles. The van der Waals surface area contributed by atoms with E-state index in [-0.39, 0.29) is 114 Å². The van der Waals surface area contributed by atoms with Crippen LogP contribution in [0.1, 0.15) is 0 Å². The Balaban J connectivity index is -0.000000000833. The Kier molecular flexibility index (Phi) is 197. The molecule has 0 aromatic rings. The van der Waals surface area contributed by atoms with E-state index in [9.17, 15) is 0 Å². The summed E-state index contributed by atoms with van der Waals surface area (Å²) < 4.78 is 0. The van der Waals surface area contributed by atoms with Gasteiger partial charge < -0.3 is 11.0 Å². The van der Waals surface area contributed by atoms with Crippen LogP contribution in [-0.4, -0.2) is 11.0 Å². The molecule has 0 bridgehead atoms. The number of hydrogen-bond donors (Lipinski definition) is 0. The molecule has 0 unspecified atom stereocenters. The maximum absolute atomic E-state index is 3.96. The van der Waals surface area contributed by atoms with Crippen molar-refractivity contribution in [3.05, 3.63) is 0 Å². The average Bonchev–Trinajstić information content (AvgIpc) is 1.00. The molecule has 0 aliphatic heterocycles. The Morgan fingerprint density at radius 1 is 0.833 bits per heavy atom. The van der Waals surface area contributed by atoms with Gasteiger partial charge in [-0.05, 0) is 0 Å². The maximum atomic E-state index is 3.96. The summed E-state index contributed by atoms with van der Waals surface area (Å²) in [6.07, 6.45) is 0. The molecule has 0 aliphatic carbocycles. The van der Waals surface area contributed by atoms with Crippen molar-refractivity contribution in [2.45, 2.75) is 0 Å². The van der Waals surface area contributed by atoms with Gasteiger partial charge in [-0.25, -0.2) is 0 Å². The summed E-state index contributed by atoms with van der Waals surface area (Å²) in [5, 5.41) is 0. The summed E-state index contributed by atoms with van der Waals surface area (Å²) in [7, 11) is 3.96. The van der Waals surface area contributed by atoms with Crippen LogP contribution >= 0.6 is 10.5 Å². The molecule has 0 radical (unpaired) electrons. The quantitative estimate of drug-likeness (QED) is 0.363. The predicted molar refractivity (Wildman–Crippen MR) is 11.5 cm³/mol. The van der Waals surface area contributed by atoms with Gasteiger partial charge in [0.15, 0.2) is 0 Å². The van der Waals surface area contributed by atoms with Gasteiger partial charge in [-0.3, -0.25) is 0 Å². The van der Waals surface area contributed by atoms with Crippen LogP contribution in [0.25, 0.3) is 0 Å². The van der Waals surface area contributed by atoms with Gasteiger partial charge in [0.1, 0.15) is 0 Å². The molecular weight excluding hydrogens is 194 g/mol. The SMILES string of the molecule is [K+].[K+].[OH-].[OH-].[S]=[Cr]. The van der Waals surface area contributed by atoms with Crippen LogP contribution in [0.4, 0.5) is 0 Å². The van der Waals surface area contributed by atoms with Gasteiger partial charge in [-0.15, -0.1) is 0 Å². The van der Waals surface area contributed by atoms with Gasteiger partial charge in [0.2, 0.25) is 0 Å².